The SMILES string of the molecule is C=C[C@@]1(C)CC[C@H]2[C@]3(C)CC[C@@H](O)C(C)(C)[C@H]3CC[C@]2(C)O1. The summed E-state index contributed by atoms with van der Waals surface area (Å²) in [5.41, 5.74) is 0.106. The third-order valence-corrected chi connectivity index (χ3v) is 7.80. The molecule has 0 bridgehead atoms. The fourth-order valence-electron chi connectivity index (χ4n) is 6.41. The number of hydrogen-bond acceptors (Lipinski definition) is 2. The van der Waals surface area contributed by atoms with Crippen LogP contribution >= 0.6 is 0 Å². The molecule has 1 aliphatic heterocycles. The van der Waals surface area contributed by atoms with Crippen LogP contribution in [0, 0.1) is 22.7 Å². The maximum atomic E-state index is 10.5. The Morgan fingerprint density at radius 1 is 0.955 bits per heavy atom. The van der Waals surface area contributed by atoms with Crippen LogP contribution in [0.25, 0.3) is 0 Å². The lowest BCUT2D eigenvalue weighted by Crippen LogP contribution is -2.64. The van der Waals surface area contributed by atoms with Crippen molar-refractivity contribution in [3.8, 4) is 0 Å². The van der Waals surface area contributed by atoms with Gasteiger partial charge in [0.2, 0.25) is 0 Å². The van der Waals surface area contributed by atoms with Crippen LogP contribution in [0.4, 0.5) is 0 Å². The molecule has 22 heavy (non-hydrogen) atoms. The first-order valence-corrected chi connectivity index (χ1v) is 9.09. The van der Waals surface area contributed by atoms with Gasteiger partial charge in [-0.3, -0.25) is 0 Å². The molecule has 3 aliphatic rings. The molecular weight excluding hydrogens is 272 g/mol. The first kappa shape index (κ1) is 16.5. The van der Waals surface area contributed by atoms with Crippen molar-refractivity contribution in [2.75, 3.05) is 0 Å². The van der Waals surface area contributed by atoms with Gasteiger partial charge in [0.15, 0.2) is 0 Å². The quantitative estimate of drug-likeness (QED) is 0.711. The zero-order valence-electron chi connectivity index (χ0n) is 15.1. The summed E-state index contributed by atoms with van der Waals surface area (Å²) in [6.07, 6.45) is 8.48. The Hall–Kier alpha value is -0.340. The summed E-state index contributed by atoms with van der Waals surface area (Å²) in [4.78, 5) is 0. The van der Waals surface area contributed by atoms with E-state index in [0.29, 0.717) is 11.8 Å². The molecule has 0 unspecified atom stereocenters. The lowest BCUT2D eigenvalue weighted by atomic mass is 9.44. The zero-order valence-corrected chi connectivity index (χ0v) is 15.1. The number of aliphatic hydroxyl groups is 1. The largest absolute Gasteiger partial charge is 0.393 e. The second-order valence-corrected chi connectivity index (χ2v) is 9.50. The highest BCUT2D eigenvalue weighted by molar-refractivity contribution is 5.13. The summed E-state index contributed by atoms with van der Waals surface area (Å²) in [6, 6.07) is 0. The molecule has 3 fully saturated rings. The Morgan fingerprint density at radius 3 is 2.23 bits per heavy atom. The summed E-state index contributed by atoms with van der Waals surface area (Å²) in [5.74, 6) is 1.19. The van der Waals surface area contributed by atoms with E-state index in [1.54, 1.807) is 0 Å². The second-order valence-electron chi connectivity index (χ2n) is 9.50. The van der Waals surface area contributed by atoms with E-state index in [1.165, 1.54) is 12.8 Å². The highest BCUT2D eigenvalue weighted by Gasteiger charge is 2.62. The molecule has 0 amide bonds. The van der Waals surface area contributed by atoms with Gasteiger partial charge in [-0.05, 0) is 75.0 Å². The maximum Gasteiger partial charge on any atom is 0.0839 e. The monoisotopic (exact) mass is 306 g/mol. The van der Waals surface area contributed by atoms with Crippen LogP contribution in [0.15, 0.2) is 12.7 Å². The maximum absolute atomic E-state index is 10.5. The molecule has 2 nitrogen and oxygen atoms in total. The lowest BCUT2D eigenvalue weighted by molar-refractivity contribution is -0.262. The van der Waals surface area contributed by atoms with Gasteiger partial charge in [0.05, 0.1) is 17.3 Å². The summed E-state index contributed by atoms with van der Waals surface area (Å²) < 4.78 is 6.64. The predicted octanol–water partition coefficient (Wildman–Crippen LogP) is 4.71. The predicted molar refractivity (Wildman–Crippen MR) is 90.7 cm³/mol. The number of aliphatic hydroxyl groups excluding tert-OH is 1. The van der Waals surface area contributed by atoms with Crippen LogP contribution in [-0.4, -0.2) is 22.4 Å². The van der Waals surface area contributed by atoms with Crippen LogP contribution in [0.3, 0.4) is 0 Å². The molecule has 0 aromatic heterocycles. The number of rotatable bonds is 1. The van der Waals surface area contributed by atoms with Crippen molar-refractivity contribution in [1.82, 2.24) is 0 Å². The average Bonchev–Trinajstić information content (AvgIpc) is 2.42. The van der Waals surface area contributed by atoms with Gasteiger partial charge in [0, 0.05) is 0 Å². The molecule has 2 heteroatoms. The van der Waals surface area contributed by atoms with Crippen molar-refractivity contribution in [3.63, 3.8) is 0 Å². The number of fused-ring (bicyclic) bond motifs is 3. The average molecular weight is 306 g/mol. The van der Waals surface area contributed by atoms with Crippen LogP contribution in [0.2, 0.25) is 0 Å². The molecule has 6 atom stereocenters. The molecule has 0 aromatic carbocycles. The van der Waals surface area contributed by atoms with Crippen LogP contribution in [0.5, 0.6) is 0 Å². The smallest absolute Gasteiger partial charge is 0.0839 e. The molecule has 3 rings (SSSR count). The van der Waals surface area contributed by atoms with E-state index in [9.17, 15) is 5.11 Å². The van der Waals surface area contributed by atoms with Crippen molar-refractivity contribution in [1.29, 1.82) is 0 Å². The molecule has 1 saturated heterocycles. The van der Waals surface area contributed by atoms with Gasteiger partial charge in [-0.25, -0.2) is 0 Å². The van der Waals surface area contributed by atoms with E-state index in [4.69, 9.17) is 4.74 Å². The highest BCUT2D eigenvalue weighted by Crippen LogP contribution is 2.65. The molecule has 0 aromatic rings. The first-order valence-electron chi connectivity index (χ1n) is 9.09. The first-order chi connectivity index (χ1) is 10.1. The molecule has 2 saturated carbocycles. The molecule has 0 spiro atoms. The fourth-order valence-corrected chi connectivity index (χ4v) is 6.41. The summed E-state index contributed by atoms with van der Waals surface area (Å²) in [5, 5.41) is 10.5. The zero-order chi connectivity index (χ0) is 16.4. The van der Waals surface area contributed by atoms with Crippen molar-refractivity contribution >= 4 is 0 Å². The van der Waals surface area contributed by atoms with E-state index < -0.39 is 0 Å². The molecule has 2 aliphatic carbocycles. The Kier molecular flexibility index (Phi) is 3.63. The third kappa shape index (κ3) is 2.13. The molecule has 1 heterocycles. The Balaban J connectivity index is 1.95. The van der Waals surface area contributed by atoms with Gasteiger partial charge >= 0.3 is 0 Å². The van der Waals surface area contributed by atoms with Crippen molar-refractivity contribution in [2.45, 2.75) is 90.4 Å². The highest BCUT2D eigenvalue weighted by atomic mass is 16.5. The van der Waals surface area contributed by atoms with E-state index >= 15 is 0 Å². The number of ether oxygens (including phenoxy) is 1. The molecule has 1 N–H and O–H groups in total. The third-order valence-electron chi connectivity index (χ3n) is 7.80. The summed E-state index contributed by atoms with van der Waals surface area (Å²) >= 11 is 0. The van der Waals surface area contributed by atoms with Crippen LogP contribution < -0.4 is 0 Å². The Morgan fingerprint density at radius 2 is 1.59 bits per heavy atom. The van der Waals surface area contributed by atoms with Gasteiger partial charge in [-0.2, -0.15) is 0 Å². The van der Waals surface area contributed by atoms with Crippen LogP contribution in [0.1, 0.15) is 73.1 Å². The van der Waals surface area contributed by atoms with E-state index in [0.717, 1.165) is 25.7 Å². The van der Waals surface area contributed by atoms with Gasteiger partial charge in [0.1, 0.15) is 0 Å². The molecular formula is C20H34O2. The van der Waals surface area contributed by atoms with Crippen molar-refractivity contribution in [2.24, 2.45) is 22.7 Å². The molecule has 0 radical (unpaired) electrons. The summed E-state index contributed by atoms with van der Waals surface area (Å²) in [6.45, 7) is 15.5. The lowest BCUT2D eigenvalue weighted by Gasteiger charge is -2.65. The van der Waals surface area contributed by atoms with Gasteiger partial charge < -0.3 is 9.84 Å². The molecule has 126 valence electrons. The van der Waals surface area contributed by atoms with Crippen molar-refractivity contribution in [3.05, 3.63) is 12.7 Å². The van der Waals surface area contributed by atoms with E-state index in [-0.39, 0.29) is 28.1 Å². The summed E-state index contributed by atoms with van der Waals surface area (Å²) in [7, 11) is 0. The topological polar surface area (TPSA) is 29.5 Å². The minimum atomic E-state index is -0.169. The normalized spacial score (nSPS) is 54.2. The van der Waals surface area contributed by atoms with Gasteiger partial charge in [-0.15, -0.1) is 6.58 Å². The second kappa shape index (κ2) is 4.83. The fraction of sp³-hybridized carbons (Fsp3) is 0.900. The Bertz CT molecular complexity index is 470. The minimum Gasteiger partial charge on any atom is -0.393 e. The minimum absolute atomic E-state index is 0.0213. The standard InChI is InChI=1S/C20H34O2/c1-7-18(4)11-8-15-19(5)12-10-16(21)17(2,3)14(19)9-13-20(15,6)22-18/h7,14-16,21H,1,8-13H2,2-6H3/t14-,15+,16-,18+,19-,20+/m1/s1. The van der Waals surface area contributed by atoms with Gasteiger partial charge in [-0.1, -0.05) is 26.8 Å². The van der Waals surface area contributed by atoms with Crippen LogP contribution in [-0.2, 0) is 4.74 Å². The number of hydrogen-bond donors (Lipinski definition) is 1. The van der Waals surface area contributed by atoms with Crippen molar-refractivity contribution < 1.29 is 9.84 Å². The Labute approximate surface area is 136 Å². The van der Waals surface area contributed by atoms with Gasteiger partial charge in [0.25, 0.3) is 0 Å². The van der Waals surface area contributed by atoms with E-state index in [2.05, 4.69) is 41.2 Å². The van der Waals surface area contributed by atoms with E-state index in [1.807, 2.05) is 6.08 Å².